The molecule has 6 heteroatoms. The summed E-state index contributed by atoms with van der Waals surface area (Å²) in [6, 6.07) is 5.60. The second-order valence-electron chi connectivity index (χ2n) is 3.01. The van der Waals surface area contributed by atoms with E-state index in [1.54, 1.807) is 19.2 Å². The Morgan fingerprint density at radius 2 is 1.83 bits per heavy atom. The first kappa shape index (κ1) is 20.0. The third-order valence-electron chi connectivity index (χ3n) is 1.91. The van der Waals surface area contributed by atoms with E-state index in [1.807, 2.05) is 12.1 Å². The zero-order chi connectivity index (χ0) is 13.3. The van der Waals surface area contributed by atoms with Crippen LogP contribution in [0.2, 0.25) is 10.0 Å². The highest BCUT2D eigenvalue weighted by atomic mass is 35.5. The van der Waals surface area contributed by atoms with Crippen molar-refractivity contribution < 1.29 is 9.68 Å². The molecule has 104 valence electrons. The van der Waals surface area contributed by atoms with E-state index >= 15 is 0 Å². The minimum absolute atomic E-state index is 0. The number of hydrogen-bond donors (Lipinski definition) is 0. The Bertz CT molecular complexity index is 344. The maximum absolute atomic E-state index is 5.89. The van der Waals surface area contributed by atoms with Crippen LogP contribution in [0.1, 0.15) is 5.56 Å². The Morgan fingerprint density at radius 1 is 1.28 bits per heavy atom. The number of halogens is 3. The SMILES string of the molecule is C=CCc1cccc(Cl)c1Cl.CON(C)OC.Cl. The molecule has 1 aromatic carbocycles. The normalized spacial score (nSPS) is 9.22. The first-order valence-corrected chi connectivity index (χ1v) is 5.68. The molecule has 1 aromatic rings. The average Bonchev–Trinajstić information content (AvgIpc) is 2.35. The number of hydroxylamine groups is 2. The largest absolute Gasteiger partial charge is 0.278 e. The first-order chi connectivity index (χ1) is 8.06. The molecule has 0 aliphatic rings. The summed E-state index contributed by atoms with van der Waals surface area (Å²) >= 11 is 11.7. The van der Waals surface area contributed by atoms with Gasteiger partial charge in [-0.3, -0.25) is 9.68 Å². The van der Waals surface area contributed by atoms with Crippen LogP contribution in [0.3, 0.4) is 0 Å². The number of hydrogen-bond acceptors (Lipinski definition) is 3. The molecule has 0 saturated heterocycles. The minimum atomic E-state index is 0. The van der Waals surface area contributed by atoms with E-state index in [1.165, 1.54) is 19.4 Å². The summed E-state index contributed by atoms with van der Waals surface area (Å²) in [6.45, 7) is 3.63. The van der Waals surface area contributed by atoms with Gasteiger partial charge in [-0.15, -0.1) is 19.0 Å². The van der Waals surface area contributed by atoms with E-state index in [0.29, 0.717) is 10.0 Å². The molecule has 0 radical (unpaired) electrons. The molecule has 0 N–H and O–H groups in total. The lowest BCUT2D eigenvalue weighted by Gasteiger charge is -2.06. The highest BCUT2D eigenvalue weighted by Gasteiger charge is 2.00. The molecule has 0 aromatic heterocycles. The Hall–Kier alpha value is -0.290. The van der Waals surface area contributed by atoms with E-state index in [0.717, 1.165) is 12.0 Å². The van der Waals surface area contributed by atoms with Crippen LogP contribution < -0.4 is 0 Å². The Balaban J connectivity index is 0. The van der Waals surface area contributed by atoms with E-state index in [2.05, 4.69) is 16.3 Å². The molecule has 0 aliphatic carbocycles. The number of benzene rings is 1. The van der Waals surface area contributed by atoms with E-state index < -0.39 is 0 Å². The van der Waals surface area contributed by atoms with Gasteiger partial charge in [0.25, 0.3) is 0 Å². The third kappa shape index (κ3) is 7.93. The van der Waals surface area contributed by atoms with Gasteiger partial charge < -0.3 is 0 Å². The van der Waals surface area contributed by atoms with Gasteiger partial charge in [0.1, 0.15) is 0 Å². The van der Waals surface area contributed by atoms with Gasteiger partial charge in [-0.1, -0.05) is 46.6 Å². The molecule has 0 atom stereocenters. The molecule has 0 aliphatic heterocycles. The predicted octanol–water partition coefficient (Wildman–Crippen LogP) is 4.18. The number of allylic oxidation sites excluding steroid dienone is 1. The molecule has 0 unspecified atom stereocenters. The summed E-state index contributed by atoms with van der Waals surface area (Å²) in [6.07, 6.45) is 2.57. The second kappa shape index (κ2) is 11.8. The van der Waals surface area contributed by atoms with Crippen molar-refractivity contribution >= 4 is 35.6 Å². The molecule has 1 rings (SSSR count). The van der Waals surface area contributed by atoms with Gasteiger partial charge in [0.2, 0.25) is 0 Å². The summed E-state index contributed by atoms with van der Waals surface area (Å²) in [7, 11) is 4.73. The molecule has 0 heterocycles. The molecular formula is C12H18Cl3NO2. The lowest BCUT2D eigenvalue weighted by Crippen LogP contribution is -2.13. The fraction of sp³-hybridized carbons (Fsp3) is 0.333. The van der Waals surface area contributed by atoms with Gasteiger partial charge in [-0.25, -0.2) is 0 Å². The molecule has 0 amide bonds. The van der Waals surface area contributed by atoms with E-state index in [9.17, 15) is 0 Å². The van der Waals surface area contributed by atoms with Crippen molar-refractivity contribution in [2.24, 2.45) is 0 Å². The van der Waals surface area contributed by atoms with Crippen LogP contribution in [0, 0.1) is 0 Å². The molecule has 18 heavy (non-hydrogen) atoms. The van der Waals surface area contributed by atoms with Crippen LogP contribution in [-0.4, -0.2) is 26.5 Å². The molecule has 0 saturated carbocycles. The third-order valence-corrected chi connectivity index (χ3v) is 2.77. The van der Waals surface area contributed by atoms with Gasteiger partial charge in [0.05, 0.1) is 24.3 Å². The lowest BCUT2D eigenvalue weighted by molar-refractivity contribution is -0.325. The van der Waals surface area contributed by atoms with Crippen molar-refractivity contribution in [1.29, 1.82) is 0 Å². The van der Waals surface area contributed by atoms with E-state index in [-0.39, 0.29) is 12.4 Å². The van der Waals surface area contributed by atoms with Crippen LogP contribution in [0.25, 0.3) is 0 Å². The van der Waals surface area contributed by atoms with Crippen LogP contribution in [0.15, 0.2) is 30.9 Å². The molecule has 0 fully saturated rings. The van der Waals surface area contributed by atoms with Crippen molar-refractivity contribution in [3.63, 3.8) is 0 Å². The average molecular weight is 315 g/mol. The Morgan fingerprint density at radius 3 is 2.22 bits per heavy atom. The van der Waals surface area contributed by atoms with Crippen molar-refractivity contribution in [2.75, 3.05) is 21.3 Å². The van der Waals surface area contributed by atoms with Gasteiger partial charge in [-0.2, -0.15) is 0 Å². The lowest BCUT2D eigenvalue weighted by atomic mass is 10.1. The quantitative estimate of drug-likeness (QED) is 0.614. The van der Waals surface area contributed by atoms with Gasteiger partial charge in [0.15, 0.2) is 0 Å². The van der Waals surface area contributed by atoms with Crippen molar-refractivity contribution in [3.05, 3.63) is 46.5 Å². The highest BCUT2D eigenvalue weighted by molar-refractivity contribution is 6.42. The van der Waals surface area contributed by atoms with Gasteiger partial charge in [-0.05, 0) is 18.1 Å². The van der Waals surface area contributed by atoms with Crippen LogP contribution in [0.5, 0.6) is 0 Å². The molecular weight excluding hydrogens is 296 g/mol. The Labute approximate surface area is 125 Å². The second-order valence-corrected chi connectivity index (χ2v) is 3.80. The topological polar surface area (TPSA) is 21.7 Å². The van der Waals surface area contributed by atoms with Crippen molar-refractivity contribution in [3.8, 4) is 0 Å². The smallest absolute Gasteiger partial charge is 0.0627 e. The first-order valence-electron chi connectivity index (χ1n) is 4.92. The highest BCUT2D eigenvalue weighted by Crippen LogP contribution is 2.25. The number of rotatable bonds is 4. The predicted molar refractivity (Wildman–Crippen MR) is 79.4 cm³/mol. The summed E-state index contributed by atoms with van der Waals surface area (Å²) in [5.74, 6) is 0. The molecule has 0 spiro atoms. The minimum Gasteiger partial charge on any atom is -0.278 e. The summed E-state index contributed by atoms with van der Waals surface area (Å²) < 4.78 is 0. The maximum Gasteiger partial charge on any atom is 0.0627 e. The monoisotopic (exact) mass is 313 g/mol. The summed E-state index contributed by atoms with van der Waals surface area (Å²) in [5.41, 5.74) is 1.02. The fourth-order valence-electron chi connectivity index (χ4n) is 0.936. The van der Waals surface area contributed by atoms with Crippen LogP contribution >= 0.6 is 35.6 Å². The summed E-state index contributed by atoms with van der Waals surface area (Å²) in [5, 5.41) is 2.49. The summed E-state index contributed by atoms with van der Waals surface area (Å²) in [4.78, 5) is 9.02. The maximum atomic E-state index is 5.89. The zero-order valence-electron chi connectivity index (χ0n) is 10.7. The fourth-order valence-corrected chi connectivity index (χ4v) is 1.33. The standard InChI is InChI=1S/C9H8Cl2.C3H9NO2.ClH/c1-2-4-7-5-3-6-8(10)9(7)11;1-4(5-2)6-3;/h2-3,5-6H,1,4H2;1-3H3;1H. The van der Waals surface area contributed by atoms with Gasteiger partial charge >= 0.3 is 0 Å². The number of nitrogens with zero attached hydrogens (tertiary/aromatic N) is 1. The van der Waals surface area contributed by atoms with Crippen molar-refractivity contribution in [2.45, 2.75) is 6.42 Å². The zero-order valence-corrected chi connectivity index (χ0v) is 13.0. The van der Waals surface area contributed by atoms with Crippen molar-refractivity contribution in [1.82, 2.24) is 5.23 Å². The molecule has 3 nitrogen and oxygen atoms in total. The van der Waals surface area contributed by atoms with Crippen LogP contribution in [0.4, 0.5) is 0 Å². The van der Waals surface area contributed by atoms with E-state index in [4.69, 9.17) is 23.2 Å². The van der Waals surface area contributed by atoms with Gasteiger partial charge in [0, 0.05) is 7.05 Å². The molecule has 0 bridgehead atoms. The van der Waals surface area contributed by atoms with Crippen LogP contribution in [-0.2, 0) is 16.1 Å². The Kier molecular flexibility index (Phi) is 13.1.